The Morgan fingerprint density at radius 2 is 1.86 bits per heavy atom. The maximum atomic E-state index is 11.4. The SMILES string of the molecule is CNC(=O)CCN(C)c1nc(C(C)(C)C)nc(NC)c1C. The molecule has 0 spiro atoms. The van der Waals surface area contributed by atoms with E-state index < -0.39 is 0 Å². The van der Waals surface area contributed by atoms with Crippen LogP contribution in [0.3, 0.4) is 0 Å². The second-order valence-corrected chi connectivity index (χ2v) is 6.19. The van der Waals surface area contributed by atoms with Gasteiger partial charge >= 0.3 is 0 Å². The topological polar surface area (TPSA) is 70.2 Å². The first-order valence-corrected chi connectivity index (χ1v) is 7.19. The van der Waals surface area contributed by atoms with E-state index in [1.165, 1.54) is 0 Å². The molecule has 0 aromatic carbocycles. The fourth-order valence-corrected chi connectivity index (χ4v) is 1.96. The van der Waals surface area contributed by atoms with E-state index >= 15 is 0 Å². The van der Waals surface area contributed by atoms with Gasteiger partial charge in [0, 0.05) is 45.1 Å². The largest absolute Gasteiger partial charge is 0.373 e. The molecule has 21 heavy (non-hydrogen) atoms. The summed E-state index contributed by atoms with van der Waals surface area (Å²) in [5, 5.41) is 5.76. The molecule has 6 heteroatoms. The van der Waals surface area contributed by atoms with Gasteiger partial charge in [-0.1, -0.05) is 20.8 Å². The van der Waals surface area contributed by atoms with Crippen LogP contribution in [0.2, 0.25) is 0 Å². The van der Waals surface area contributed by atoms with Crippen molar-refractivity contribution in [1.29, 1.82) is 0 Å². The third kappa shape index (κ3) is 4.31. The maximum Gasteiger partial charge on any atom is 0.221 e. The van der Waals surface area contributed by atoms with Crippen molar-refractivity contribution in [3.05, 3.63) is 11.4 Å². The standard InChI is InChI=1S/C15H27N5O/c1-10-12(17-6)18-14(15(2,3)4)19-13(10)20(7)9-8-11(21)16-5/h8-9H2,1-7H3,(H,16,21)(H,17,18,19). The van der Waals surface area contributed by atoms with E-state index in [4.69, 9.17) is 4.98 Å². The van der Waals surface area contributed by atoms with Gasteiger partial charge in [0.15, 0.2) is 0 Å². The van der Waals surface area contributed by atoms with Crippen molar-refractivity contribution < 1.29 is 4.79 Å². The van der Waals surface area contributed by atoms with Gasteiger partial charge in [0.05, 0.1) is 0 Å². The van der Waals surface area contributed by atoms with Crippen LogP contribution in [0.25, 0.3) is 0 Å². The lowest BCUT2D eigenvalue weighted by Gasteiger charge is -2.25. The highest BCUT2D eigenvalue weighted by atomic mass is 16.1. The summed E-state index contributed by atoms with van der Waals surface area (Å²) in [6.45, 7) is 8.87. The predicted octanol–water partition coefficient (Wildman–Crippen LogP) is 1.70. The van der Waals surface area contributed by atoms with Gasteiger partial charge in [-0.15, -0.1) is 0 Å². The number of anilines is 2. The number of aromatic nitrogens is 2. The number of hydrogen-bond donors (Lipinski definition) is 2. The summed E-state index contributed by atoms with van der Waals surface area (Å²) in [4.78, 5) is 22.7. The van der Waals surface area contributed by atoms with Crippen molar-refractivity contribution in [2.24, 2.45) is 0 Å². The summed E-state index contributed by atoms with van der Waals surface area (Å²) in [6, 6.07) is 0. The van der Waals surface area contributed by atoms with Crippen LogP contribution in [0.5, 0.6) is 0 Å². The molecule has 0 atom stereocenters. The van der Waals surface area contributed by atoms with Crippen molar-refractivity contribution in [2.45, 2.75) is 39.5 Å². The van der Waals surface area contributed by atoms with Gasteiger partial charge in [0.1, 0.15) is 17.5 Å². The van der Waals surface area contributed by atoms with Crippen LogP contribution < -0.4 is 15.5 Å². The average molecular weight is 293 g/mol. The number of rotatable bonds is 5. The molecule has 0 bridgehead atoms. The first-order chi connectivity index (χ1) is 9.70. The molecule has 0 unspecified atom stereocenters. The summed E-state index contributed by atoms with van der Waals surface area (Å²) in [5.41, 5.74) is 0.861. The minimum Gasteiger partial charge on any atom is -0.373 e. The molecular formula is C15H27N5O. The van der Waals surface area contributed by atoms with E-state index in [1.54, 1.807) is 7.05 Å². The fraction of sp³-hybridized carbons (Fsp3) is 0.667. The second kappa shape index (κ2) is 6.74. The second-order valence-electron chi connectivity index (χ2n) is 6.19. The predicted molar refractivity (Wildman–Crippen MR) is 87.0 cm³/mol. The fourth-order valence-electron chi connectivity index (χ4n) is 1.96. The molecule has 0 aliphatic rings. The molecule has 0 radical (unpaired) electrons. The van der Waals surface area contributed by atoms with Crippen molar-refractivity contribution in [1.82, 2.24) is 15.3 Å². The summed E-state index contributed by atoms with van der Waals surface area (Å²) in [6.07, 6.45) is 0.441. The van der Waals surface area contributed by atoms with E-state index in [-0.39, 0.29) is 11.3 Å². The van der Waals surface area contributed by atoms with Gasteiger partial charge in [0.2, 0.25) is 5.91 Å². The lowest BCUT2D eigenvalue weighted by atomic mass is 9.95. The van der Waals surface area contributed by atoms with E-state index in [0.29, 0.717) is 13.0 Å². The van der Waals surface area contributed by atoms with Gasteiger partial charge in [0.25, 0.3) is 0 Å². The zero-order chi connectivity index (χ0) is 16.2. The molecule has 2 N–H and O–H groups in total. The van der Waals surface area contributed by atoms with E-state index in [2.05, 4.69) is 36.4 Å². The summed E-state index contributed by atoms with van der Waals surface area (Å²) in [7, 11) is 5.45. The minimum absolute atomic E-state index is 0.0263. The number of nitrogens with zero attached hydrogens (tertiary/aromatic N) is 3. The van der Waals surface area contributed by atoms with Crippen molar-refractivity contribution in [3.63, 3.8) is 0 Å². The Balaban J connectivity index is 3.12. The Bertz CT molecular complexity index is 508. The number of hydrogen-bond acceptors (Lipinski definition) is 5. The summed E-state index contributed by atoms with van der Waals surface area (Å²) < 4.78 is 0. The number of carbonyl (C=O) groups is 1. The van der Waals surface area contributed by atoms with Crippen LogP contribution in [0.4, 0.5) is 11.6 Å². The number of amides is 1. The highest BCUT2D eigenvalue weighted by molar-refractivity contribution is 5.76. The molecule has 0 saturated carbocycles. The molecule has 1 heterocycles. The zero-order valence-electron chi connectivity index (χ0n) is 14.2. The molecule has 0 saturated heterocycles. The van der Waals surface area contributed by atoms with E-state index in [0.717, 1.165) is 23.0 Å². The number of carbonyl (C=O) groups excluding carboxylic acids is 1. The Morgan fingerprint density at radius 1 is 1.24 bits per heavy atom. The molecule has 1 amide bonds. The molecule has 1 aromatic heterocycles. The minimum atomic E-state index is -0.129. The van der Waals surface area contributed by atoms with Gasteiger partial charge in [-0.25, -0.2) is 9.97 Å². The van der Waals surface area contributed by atoms with Gasteiger partial charge in [-0.05, 0) is 6.92 Å². The lowest BCUT2D eigenvalue weighted by Crippen LogP contribution is -2.29. The molecule has 0 aliphatic heterocycles. The van der Waals surface area contributed by atoms with Crippen LogP contribution in [0.15, 0.2) is 0 Å². The molecule has 6 nitrogen and oxygen atoms in total. The molecule has 118 valence electrons. The van der Waals surface area contributed by atoms with Crippen molar-refractivity contribution >= 4 is 17.5 Å². The third-order valence-electron chi connectivity index (χ3n) is 3.34. The van der Waals surface area contributed by atoms with Crippen LogP contribution in [0.1, 0.15) is 38.6 Å². The van der Waals surface area contributed by atoms with Gasteiger partial charge in [-0.2, -0.15) is 0 Å². The molecule has 1 aromatic rings. The average Bonchev–Trinajstić information content (AvgIpc) is 2.43. The Labute approximate surface area is 127 Å². The zero-order valence-corrected chi connectivity index (χ0v) is 14.2. The van der Waals surface area contributed by atoms with Gasteiger partial charge < -0.3 is 15.5 Å². The highest BCUT2D eigenvalue weighted by Crippen LogP contribution is 2.27. The van der Waals surface area contributed by atoms with Crippen LogP contribution in [0, 0.1) is 6.92 Å². The lowest BCUT2D eigenvalue weighted by molar-refractivity contribution is -0.120. The summed E-state index contributed by atoms with van der Waals surface area (Å²) >= 11 is 0. The molecular weight excluding hydrogens is 266 g/mol. The van der Waals surface area contributed by atoms with E-state index in [1.807, 2.05) is 25.9 Å². The third-order valence-corrected chi connectivity index (χ3v) is 3.34. The summed E-state index contributed by atoms with van der Waals surface area (Å²) in [5.74, 6) is 2.51. The van der Waals surface area contributed by atoms with Crippen LogP contribution in [-0.2, 0) is 10.2 Å². The van der Waals surface area contributed by atoms with Gasteiger partial charge in [-0.3, -0.25) is 4.79 Å². The molecule has 0 fully saturated rings. The highest BCUT2D eigenvalue weighted by Gasteiger charge is 2.22. The Hall–Kier alpha value is -1.85. The van der Waals surface area contributed by atoms with Crippen LogP contribution >= 0.6 is 0 Å². The van der Waals surface area contributed by atoms with Crippen LogP contribution in [-0.4, -0.2) is 43.6 Å². The maximum absolute atomic E-state index is 11.4. The normalized spacial score (nSPS) is 11.2. The van der Waals surface area contributed by atoms with Crippen molar-refractivity contribution in [2.75, 3.05) is 37.9 Å². The monoisotopic (exact) mass is 293 g/mol. The molecule has 0 aliphatic carbocycles. The Morgan fingerprint density at radius 3 is 2.33 bits per heavy atom. The van der Waals surface area contributed by atoms with E-state index in [9.17, 15) is 4.79 Å². The van der Waals surface area contributed by atoms with Crippen molar-refractivity contribution in [3.8, 4) is 0 Å². The first-order valence-electron chi connectivity index (χ1n) is 7.19. The Kier molecular flexibility index (Phi) is 5.52. The smallest absolute Gasteiger partial charge is 0.221 e. The number of nitrogens with one attached hydrogen (secondary N) is 2. The quantitative estimate of drug-likeness (QED) is 0.864. The molecule has 1 rings (SSSR count). The first kappa shape index (κ1) is 17.2.